The first kappa shape index (κ1) is 15.9. The molecule has 0 saturated heterocycles. The molecule has 2 N–H and O–H groups in total. The number of carbonyl (C=O) groups is 1. The van der Waals surface area contributed by atoms with Gasteiger partial charge in [-0.05, 0) is 80.6 Å². The maximum absolute atomic E-state index is 13.0. The van der Waals surface area contributed by atoms with Crippen LogP contribution >= 0.6 is 12.2 Å². The average molecular weight is 344 g/mol. The SMILES string of the molecule is COc1cccc(NC(=S)NC(=O)C23CC4CC(CC(C4)C2)C3)c1. The lowest BCUT2D eigenvalue weighted by Crippen LogP contribution is -2.55. The number of nitrogens with one attached hydrogen (secondary N) is 2. The molecule has 4 fully saturated rings. The molecule has 1 aromatic carbocycles. The second kappa shape index (κ2) is 6.03. The van der Waals surface area contributed by atoms with Gasteiger partial charge in [0, 0.05) is 11.8 Å². The number of amides is 1. The molecule has 1 amide bonds. The van der Waals surface area contributed by atoms with E-state index in [-0.39, 0.29) is 11.3 Å². The van der Waals surface area contributed by atoms with Gasteiger partial charge in [-0.3, -0.25) is 4.79 Å². The van der Waals surface area contributed by atoms with Gasteiger partial charge in [0.05, 0.1) is 12.5 Å². The Morgan fingerprint density at radius 2 is 1.79 bits per heavy atom. The largest absolute Gasteiger partial charge is 0.497 e. The van der Waals surface area contributed by atoms with Gasteiger partial charge in [-0.2, -0.15) is 0 Å². The summed E-state index contributed by atoms with van der Waals surface area (Å²) in [4.78, 5) is 13.0. The first-order valence-corrected chi connectivity index (χ1v) is 9.24. The molecule has 0 spiro atoms. The van der Waals surface area contributed by atoms with Crippen molar-refractivity contribution in [1.29, 1.82) is 0 Å². The van der Waals surface area contributed by atoms with Gasteiger partial charge in [0.2, 0.25) is 5.91 Å². The molecule has 0 radical (unpaired) electrons. The van der Waals surface area contributed by atoms with E-state index in [0.29, 0.717) is 5.11 Å². The number of ether oxygens (including phenoxy) is 1. The van der Waals surface area contributed by atoms with Gasteiger partial charge in [0.25, 0.3) is 0 Å². The van der Waals surface area contributed by atoms with Gasteiger partial charge in [-0.15, -0.1) is 0 Å². The third-order valence-electron chi connectivity index (χ3n) is 6.07. The fourth-order valence-corrected chi connectivity index (χ4v) is 5.70. The first-order valence-electron chi connectivity index (χ1n) is 8.83. The summed E-state index contributed by atoms with van der Waals surface area (Å²) in [6.07, 6.45) is 7.14. The predicted octanol–water partition coefficient (Wildman–Crippen LogP) is 3.72. The van der Waals surface area contributed by atoms with E-state index >= 15 is 0 Å². The van der Waals surface area contributed by atoms with Crippen LogP contribution in [0.15, 0.2) is 24.3 Å². The lowest BCUT2D eigenvalue weighted by molar-refractivity contribution is -0.144. The van der Waals surface area contributed by atoms with E-state index in [4.69, 9.17) is 17.0 Å². The Morgan fingerprint density at radius 1 is 1.17 bits per heavy atom. The quantitative estimate of drug-likeness (QED) is 0.821. The number of rotatable bonds is 3. The highest BCUT2D eigenvalue weighted by Gasteiger charge is 2.54. The van der Waals surface area contributed by atoms with Crippen molar-refractivity contribution in [2.45, 2.75) is 38.5 Å². The monoisotopic (exact) mass is 344 g/mol. The highest BCUT2D eigenvalue weighted by atomic mass is 32.1. The predicted molar refractivity (Wildman–Crippen MR) is 98.0 cm³/mol. The van der Waals surface area contributed by atoms with Crippen molar-refractivity contribution >= 4 is 28.9 Å². The van der Waals surface area contributed by atoms with E-state index in [1.807, 2.05) is 24.3 Å². The zero-order valence-corrected chi connectivity index (χ0v) is 14.8. The summed E-state index contributed by atoms with van der Waals surface area (Å²) < 4.78 is 5.21. The van der Waals surface area contributed by atoms with Crippen molar-refractivity contribution < 1.29 is 9.53 Å². The molecule has 4 nitrogen and oxygen atoms in total. The molecule has 4 bridgehead atoms. The average Bonchev–Trinajstić information content (AvgIpc) is 2.53. The molecule has 4 aliphatic carbocycles. The maximum atomic E-state index is 13.0. The number of methoxy groups -OCH3 is 1. The van der Waals surface area contributed by atoms with Gasteiger partial charge in [0.1, 0.15) is 5.75 Å². The summed E-state index contributed by atoms with van der Waals surface area (Å²) in [5, 5.41) is 6.44. The van der Waals surface area contributed by atoms with Gasteiger partial charge in [-0.25, -0.2) is 0 Å². The molecule has 0 unspecified atom stereocenters. The number of hydrogen-bond donors (Lipinski definition) is 2. The number of thiocarbonyl (C=S) groups is 1. The van der Waals surface area contributed by atoms with Gasteiger partial charge >= 0.3 is 0 Å². The number of carbonyl (C=O) groups excluding carboxylic acids is 1. The highest BCUT2D eigenvalue weighted by molar-refractivity contribution is 7.80. The molecular weight excluding hydrogens is 320 g/mol. The van der Waals surface area contributed by atoms with Gasteiger partial charge in [0.15, 0.2) is 5.11 Å². The lowest BCUT2D eigenvalue weighted by atomic mass is 9.49. The molecule has 0 heterocycles. The molecule has 4 aliphatic rings. The molecule has 0 atom stereocenters. The zero-order chi connectivity index (χ0) is 16.7. The van der Waals surface area contributed by atoms with Crippen LogP contribution in [0.1, 0.15) is 38.5 Å². The molecule has 0 aliphatic heterocycles. The van der Waals surface area contributed by atoms with Crippen LogP contribution in [0.2, 0.25) is 0 Å². The highest BCUT2D eigenvalue weighted by Crippen LogP contribution is 2.60. The second-order valence-corrected chi connectivity index (χ2v) is 8.25. The molecule has 24 heavy (non-hydrogen) atoms. The van der Waals surface area contributed by atoms with Gasteiger partial charge < -0.3 is 15.4 Å². The van der Waals surface area contributed by atoms with Crippen LogP contribution in [-0.2, 0) is 4.79 Å². The topological polar surface area (TPSA) is 50.4 Å². The minimum absolute atomic E-state index is 0.127. The van der Waals surface area contributed by atoms with E-state index in [9.17, 15) is 4.79 Å². The molecule has 4 saturated carbocycles. The van der Waals surface area contributed by atoms with Crippen LogP contribution in [0.4, 0.5) is 5.69 Å². The zero-order valence-electron chi connectivity index (χ0n) is 14.0. The smallest absolute Gasteiger partial charge is 0.232 e. The van der Waals surface area contributed by atoms with Crippen LogP contribution < -0.4 is 15.4 Å². The number of hydrogen-bond acceptors (Lipinski definition) is 3. The molecule has 5 heteroatoms. The van der Waals surface area contributed by atoms with Crippen LogP contribution in [0.5, 0.6) is 5.75 Å². The third kappa shape index (κ3) is 2.90. The van der Waals surface area contributed by atoms with Crippen molar-refractivity contribution in [3.63, 3.8) is 0 Å². The van der Waals surface area contributed by atoms with Crippen molar-refractivity contribution in [2.24, 2.45) is 23.2 Å². The first-order chi connectivity index (χ1) is 11.6. The third-order valence-corrected chi connectivity index (χ3v) is 6.28. The van der Waals surface area contributed by atoms with Crippen LogP contribution in [0, 0.1) is 23.2 Å². The summed E-state index contributed by atoms with van der Waals surface area (Å²) in [5.74, 6) is 3.14. The van der Waals surface area contributed by atoms with Crippen LogP contribution in [-0.4, -0.2) is 18.1 Å². The second-order valence-electron chi connectivity index (χ2n) is 7.84. The van der Waals surface area contributed by atoms with Crippen LogP contribution in [0.25, 0.3) is 0 Å². The Morgan fingerprint density at radius 3 is 2.38 bits per heavy atom. The van der Waals surface area contributed by atoms with E-state index in [1.54, 1.807) is 7.11 Å². The Kier molecular flexibility index (Phi) is 3.99. The molecule has 1 aromatic rings. The number of benzene rings is 1. The molecular formula is C19H24N2O2S. The fourth-order valence-electron chi connectivity index (χ4n) is 5.49. The Balaban J connectivity index is 1.41. The Hall–Kier alpha value is -1.62. The summed E-state index contributed by atoms with van der Waals surface area (Å²) >= 11 is 5.36. The summed E-state index contributed by atoms with van der Waals surface area (Å²) in [6.45, 7) is 0. The maximum Gasteiger partial charge on any atom is 0.232 e. The van der Waals surface area contributed by atoms with E-state index in [1.165, 1.54) is 19.3 Å². The van der Waals surface area contributed by atoms with Crippen molar-refractivity contribution in [1.82, 2.24) is 5.32 Å². The molecule has 0 aromatic heterocycles. The van der Waals surface area contributed by atoms with E-state index < -0.39 is 0 Å². The molecule has 5 rings (SSSR count). The summed E-state index contributed by atoms with van der Waals surface area (Å²) in [5.41, 5.74) is 0.652. The summed E-state index contributed by atoms with van der Waals surface area (Å²) in [7, 11) is 1.63. The van der Waals surface area contributed by atoms with E-state index in [0.717, 1.165) is 48.5 Å². The minimum Gasteiger partial charge on any atom is -0.497 e. The van der Waals surface area contributed by atoms with Gasteiger partial charge in [-0.1, -0.05) is 6.07 Å². The lowest BCUT2D eigenvalue weighted by Gasteiger charge is -2.55. The standard InChI is InChI=1S/C19H24N2O2S/c1-23-16-4-2-3-15(8-16)20-18(24)21-17(22)19-9-12-5-13(10-19)7-14(6-12)11-19/h2-4,8,12-14H,5-7,9-11H2,1H3,(H2,20,21,22,24). The van der Waals surface area contributed by atoms with Crippen molar-refractivity contribution in [3.8, 4) is 5.75 Å². The van der Waals surface area contributed by atoms with Crippen molar-refractivity contribution in [3.05, 3.63) is 24.3 Å². The molecule has 128 valence electrons. The Labute approximate surface area is 148 Å². The Bertz CT molecular complexity index is 638. The minimum atomic E-state index is -0.172. The summed E-state index contributed by atoms with van der Waals surface area (Å²) in [6, 6.07) is 7.54. The van der Waals surface area contributed by atoms with E-state index in [2.05, 4.69) is 10.6 Å². The van der Waals surface area contributed by atoms with Crippen molar-refractivity contribution in [2.75, 3.05) is 12.4 Å². The normalized spacial score (nSPS) is 33.1. The van der Waals surface area contributed by atoms with Crippen LogP contribution in [0.3, 0.4) is 0 Å². The fraction of sp³-hybridized carbons (Fsp3) is 0.579. The number of anilines is 1.